The Balaban J connectivity index is 3.35. The average molecular weight is 116 g/mol. The molecule has 0 rings (SSSR count). The molecular weight excluding hydrogens is 108 g/mol. The van der Waals surface area contributed by atoms with Gasteiger partial charge in [-0.15, -0.1) is 0 Å². The molecule has 0 saturated heterocycles. The van der Waals surface area contributed by atoms with Crippen LogP contribution < -0.4 is 0 Å². The number of hydrogen-bond acceptors (Lipinski definition) is 3. The molecule has 0 aromatic carbocycles. The monoisotopic (exact) mass is 116 g/mol. The van der Waals surface area contributed by atoms with Crippen molar-refractivity contribution >= 4 is 12.6 Å². The topological polar surface area (TPSA) is 43.4 Å². The predicted octanol–water partition coefficient (Wildman–Crippen LogP) is -0.353. The largest absolute Gasteiger partial charge is 0.383 e. The Morgan fingerprint density at radius 1 is 1.50 bits per heavy atom. The highest BCUT2D eigenvalue weighted by atomic mass is 16.5. The maximum atomic E-state index is 9.81. The first-order chi connectivity index (χ1) is 3.85. The van der Waals surface area contributed by atoms with Crippen molar-refractivity contribution in [2.75, 3.05) is 13.7 Å². The van der Waals surface area contributed by atoms with Gasteiger partial charge in [0.05, 0.1) is 12.5 Å². The van der Waals surface area contributed by atoms with E-state index in [9.17, 15) is 9.59 Å². The lowest BCUT2D eigenvalue weighted by molar-refractivity contribution is -0.121. The van der Waals surface area contributed by atoms with Gasteiger partial charge in [-0.25, -0.2) is 0 Å². The fourth-order valence-electron chi connectivity index (χ4n) is 0.303. The molecule has 46 valence electrons. The van der Waals surface area contributed by atoms with Gasteiger partial charge in [-0.05, 0) is 0 Å². The van der Waals surface area contributed by atoms with Gasteiger partial charge in [-0.2, -0.15) is 0 Å². The zero-order valence-corrected chi connectivity index (χ0v) is 4.66. The number of rotatable bonds is 4. The molecule has 0 spiro atoms. The number of hydrogen-bond donors (Lipinski definition) is 0. The van der Waals surface area contributed by atoms with Gasteiger partial charge in [0.2, 0.25) is 0 Å². The molecule has 0 N–H and O–H groups in total. The molecule has 3 heteroatoms. The summed E-state index contributed by atoms with van der Waals surface area (Å²) in [7, 11) is 1.44. The third-order valence-corrected chi connectivity index (χ3v) is 0.709. The van der Waals surface area contributed by atoms with Crippen molar-refractivity contribution in [1.82, 2.24) is 0 Å². The molecule has 0 unspecified atom stereocenters. The molecule has 0 aromatic heterocycles. The maximum absolute atomic E-state index is 9.81. The molecule has 0 aromatic rings. The molecule has 8 heavy (non-hydrogen) atoms. The van der Waals surface area contributed by atoms with Crippen LogP contribution >= 0.6 is 0 Å². The van der Waals surface area contributed by atoms with Crippen LogP contribution in [0, 0.1) is 5.92 Å². The van der Waals surface area contributed by atoms with Crippen LogP contribution in [0.1, 0.15) is 0 Å². The summed E-state index contributed by atoms with van der Waals surface area (Å²) in [4.78, 5) is 19.6. The Morgan fingerprint density at radius 3 is 2.12 bits per heavy atom. The van der Waals surface area contributed by atoms with Crippen molar-refractivity contribution in [3.8, 4) is 0 Å². The van der Waals surface area contributed by atoms with Crippen LogP contribution in [0.4, 0.5) is 0 Å². The fourth-order valence-corrected chi connectivity index (χ4v) is 0.303. The molecule has 0 aliphatic heterocycles. The molecule has 0 amide bonds. The zero-order valence-electron chi connectivity index (χ0n) is 4.66. The van der Waals surface area contributed by atoms with E-state index in [4.69, 9.17) is 0 Å². The van der Waals surface area contributed by atoms with Crippen LogP contribution in [0.2, 0.25) is 0 Å². The smallest absolute Gasteiger partial charge is 0.132 e. The van der Waals surface area contributed by atoms with Crippen LogP contribution in [-0.2, 0) is 14.3 Å². The number of aldehydes is 2. The van der Waals surface area contributed by atoms with Crippen LogP contribution in [0.3, 0.4) is 0 Å². The van der Waals surface area contributed by atoms with Crippen molar-refractivity contribution in [3.63, 3.8) is 0 Å². The first-order valence-electron chi connectivity index (χ1n) is 2.24. The predicted molar refractivity (Wildman–Crippen MR) is 27.5 cm³/mol. The Morgan fingerprint density at radius 2 is 2.00 bits per heavy atom. The molecule has 0 aliphatic rings. The van der Waals surface area contributed by atoms with E-state index in [1.54, 1.807) is 0 Å². The maximum Gasteiger partial charge on any atom is 0.132 e. The van der Waals surface area contributed by atoms with Gasteiger partial charge in [-0.1, -0.05) is 0 Å². The lowest BCUT2D eigenvalue weighted by Crippen LogP contribution is -2.10. The van der Waals surface area contributed by atoms with Gasteiger partial charge >= 0.3 is 0 Å². The van der Waals surface area contributed by atoms with Crippen LogP contribution in [0.25, 0.3) is 0 Å². The van der Waals surface area contributed by atoms with Gasteiger partial charge in [0.25, 0.3) is 0 Å². The molecule has 0 fully saturated rings. The average Bonchev–Trinajstić information content (AvgIpc) is 1.83. The Hall–Kier alpha value is -0.700. The minimum Gasteiger partial charge on any atom is -0.383 e. The van der Waals surface area contributed by atoms with E-state index in [1.165, 1.54) is 7.11 Å². The SMILES string of the molecule is COCC(C=O)C=O. The summed E-state index contributed by atoms with van der Waals surface area (Å²) in [6, 6.07) is 0. The van der Waals surface area contributed by atoms with Crippen LogP contribution in [-0.4, -0.2) is 26.3 Å². The second kappa shape index (κ2) is 4.46. The highest BCUT2D eigenvalue weighted by Gasteiger charge is 2.01. The summed E-state index contributed by atoms with van der Waals surface area (Å²) in [5, 5.41) is 0. The van der Waals surface area contributed by atoms with Crippen LogP contribution in [0.5, 0.6) is 0 Å². The molecule has 0 radical (unpaired) electrons. The summed E-state index contributed by atoms with van der Waals surface area (Å²) < 4.78 is 4.52. The Kier molecular flexibility index (Phi) is 4.07. The first kappa shape index (κ1) is 7.30. The summed E-state index contributed by atoms with van der Waals surface area (Å²) in [6.07, 6.45) is 1.13. The van der Waals surface area contributed by atoms with E-state index in [0.717, 1.165) is 0 Å². The van der Waals surface area contributed by atoms with E-state index in [2.05, 4.69) is 4.74 Å². The summed E-state index contributed by atoms with van der Waals surface area (Å²) in [5.74, 6) is -0.583. The molecule has 0 atom stereocenters. The van der Waals surface area contributed by atoms with Crippen molar-refractivity contribution in [2.24, 2.45) is 5.92 Å². The third-order valence-electron chi connectivity index (χ3n) is 0.709. The fraction of sp³-hybridized carbons (Fsp3) is 0.600. The highest BCUT2D eigenvalue weighted by Crippen LogP contribution is 1.83. The second-order valence-electron chi connectivity index (χ2n) is 1.39. The minimum atomic E-state index is -0.583. The van der Waals surface area contributed by atoms with Crippen molar-refractivity contribution in [1.29, 1.82) is 0 Å². The summed E-state index contributed by atoms with van der Waals surface area (Å²) in [6.45, 7) is 0.188. The highest BCUT2D eigenvalue weighted by molar-refractivity contribution is 5.77. The molecule has 0 bridgehead atoms. The Labute approximate surface area is 47.6 Å². The zero-order chi connectivity index (χ0) is 6.41. The van der Waals surface area contributed by atoms with E-state index < -0.39 is 5.92 Å². The van der Waals surface area contributed by atoms with Crippen molar-refractivity contribution in [3.05, 3.63) is 0 Å². The van der Waals surface area contributed by atoms with Gasteiger partial charge in [0.1, 0.15) is 12.6 Å². The summed E-state index contributed by atoms with van der Waals surface area (Å²) >= 11 is 0. The van der Waals surface area contributed by atoms with Crippen LogP contribution in [0.15, 0.2) is 0 Å². The quantitative estimate of drug-likeness (QED) is 0.372. The number of carbonyl (C=O) groups is 2. The third kappa shape index (κ3) is 2.47. The summed E-state index contributed by atoms with van der Waals surface area (Å²) in [5.41, 5.74) is 0. The van der Waals surface area contributed by atoms with Gasteiger partial charge < -0.3 is 14.3 Å². The molecule has 3 nitrogen and oxygen atoms in total. The molecule has 0 heterocycles. The number of carbonyl (C=O) groups excluding carboxylic acids is 2. The van der Waals surface area contributed by atoms with Gasteiger partial charge in [0, 0.05) is 7.11 Å². The second-order valence-corrected chi connectivity index (χ2v) is 1.39. The van der Waals surface area contributed by atoms with Crippen molar-refractivity contribution < 1.29 is 14.3 Å². The van der Waals surface area contributed by atoms with Gasteiger partial charge in [0.15, 0.2) is 0 Å². The number of ether oxygens (including phenoxy) is 1. The Bertz CT molecular complexity index is 71.7. The lowest BCUT2D eigenvalue weighted by Gasteiger charge is -1.95. The molecular formula is C5H8O3. The minimum absolute atomic E-state index is 0.188. The van der Waals surface area contributed by atoms with E-state index in [-0.39, 0.29) is 6.61 Å². The molecule has 0 aliphatic carbocycles. The number of methoxy groups -OCH3 is 1. The van der Waals surface area contributed by atoms with E-state index >= 15 is 0 Å². The lowest BCUT2D eigenvalue weighted by atomic mass is 10.2. The van der Waals surface area contributed by atoms with E-state index in [1.807, 2.05) is 0 Å². The normalized spacial score (nSPS) is 9.25. The first-order valence-corrected chi connectivity index (χ1v) is 2.24. The van der Waals surface area contributed by atoms with Gasteiger partial charge in [-0.3, -0.25) is 0 Å². The van der Waals surface area contributed by atoms with E-state index in [0.29, 0.717) is 12.6 Å². The standard InChI is InChI=1S/C5H8O3/c1-8-4-5(2-6)3-7/h2-3,5H,4H2,1H3. The van der Waals surface area contributed by atoms with Crippen molar-refractivity contribution in [2.45, 2.75) is 0 Å². The molecule has 0 saturated carbocycles.